The number of amides is 3. The second-order valence-electron chi connectivity index (χ2n) is 7.35. The monoisotopic (exact) mass is 357 g/mol. The lowest BCUT2D eigenvalue weighted by atomic mass is 9.81. The van der Waals surface area contributed by atoms with Gasteiger partial charge in [-0.05, 0) is 43.9 Å². The van der Waals surface area contributed by atoms with E-state index in [9.17, 15) is 14.4 Å². The highest BCUT2D eigenvalue weighted by Gasteiger charge is 2.63. The summed E-state index contributed by atoms with van der Waals surface area (Å²) >= 11 is 0. The highest BCUT2D eigenvalue weighted by atomic mass is 16.5. The third-order valence-electron chi connectivity index (χ3n) is 5.78. The molecular formula is C19H23N3O4. The van der Waals surface area contributed by atoms with E-state index in [0.29, 0.717) is 18.7 Å². The third kappa shape index (κ3) is 2.67. The number of likely N-dealkylation sites (tertiary alicyclic amines) is 1. The minimum absolute atomic E-state index is 0.160. The molecule has 7 heteroatoms. The molecule has 138 valence electrons. The van der Waals surface area contributed by atoms with E-state index in [4.69, 9.17) is 10.5 Å². The van der Waals surface area contributed by atoms with E-state index >= 15 is 0 Å². The van der Waals surface area contributed by atoms with Crippen molar-refractivity contribution in [3.8, 4) is 0 Å². The number of carbonyl (C=O) groups is 3. The van der Waals surface area contributed by atoms with Gasteiger partial charge in [-0.25, -0.2) is 0 Å². The number of hydrogen-bond acceptors (Lipinski definition) is 5. The number of nitrogens with one attached hydrogen (secondary N) is 1. The summed E-state index contributed by atoms with van der Waals surface area (Å²) in [5, 5.41) is 2.82. The predicted octanol–water partition coefficient (Wildman–Crippen LogP) is 0.478. The van der Waals surface area contributed by atoms with E-state index in [1.807, 2.05) is 24.3 Å². The van der Waals surface area contributed by atoms with Gasteiger partial charge in [0, 0.05) is 12.2 Å². The molecule has 3 amide bonds. The van der Waals surface area contributed by atoms with Crippen molar-refractivity contribution in [3.63, 3.8) is 0 Å². The van der Waals surface area contributed by atoms with E-state index in [1.165, 1.54) is 0 Å². The molecule has 0 aliphatic carbocycles. The molecule has 2 bridgehead atoms. The van der Waals surface area contributed by atoms with E-state index in [0.717, 1.165) is 23.3 Å². The number of anilines is 1. The Hall–Kier alpha value is -2.41. The standard InChI is InChI=1S/C19H23N3O4/c1-10(17(23)21-9-8-11-2-4-12(20)5-3-11)22-18(24)15-13-6-7-14(26-13)16(15)19(22)25/h2-5,10,13-16H,6-9,20H2,1H3,(H,21,23). The Morgan fingerprint density at radius 2 is 1.77 bits per heavy atom. The molecule has 3 saturated heterocycles. The fourth-order valence-electron chi connectivity index (χ4n) is 4.40. The van der Waals surface area contributed by atoms with Gasteiger partial charge in [0.05, 0.1) is 24.0 Å². The van der Waals surface area contributed by atoms with E-state index in [-0.39, 0.29) is 29.9 Å². The normalized spacial score (nSPS) is 30.6. The van der Waals surface area contributed by atoms with Crippen LogP contribution in [-0.2, 0) is 25.5 Å². The first-order valence-electron chi connectivity index (χ1n) is 9.12. The summed E-state index contributed by atoms with van der Waals surface area (Å²) < 4.78 is 5.71. The fraction of sp³-hybridized carbons (Fsp3) is 0.526. The van der Waals surface area contributed by atoms with Gasteiger partial charge in [0.2, 0.25) is 17.7 Å². The largest absolute Gasteiger partial charge is 0.399 e. The van der Waals surface area contributed by atoms with Crippen LogP contribution < -0.4 is 11.1 Å². The molecule has 3 fully saturated rings. The van der Waals surface area contributed by atoms with Crippen molar-refractivity contribution in [1.29, 1.82) is 0 Å². The van der Waals surface area contributed by atoms with Crippen LogP contribution in [0.15, 0.2) is 24.3 Å². The van der Waals surface area contributed by atoms with Crippen molar-refractivity contribution >= 4 is 23.4 Å². The lowest BCUT2D eigenvalue weighted by molar-refractivity contribution is -0.149. The maximum absolute atomic E-state index is 12.7. The number of nitrogens with zero attached hydrogens (tertiary/aromatic N) is 1. The molecule has 0 aromatic heterocycles. The highest BCUT2D eigenvalue weighted by molar-refractivity contribution is 6.09. The summed E-state index contributed by atoms with van der Waals surface area (Å²) in [7, 11) is 0. The first-order chi connectivity index (χ1) is 12.5. The zero-order valence-corrected chi connectivity index (χ0v) is 14.7. The summed E-state index contributed by atoms with van der Waals surface area (Å²) in [5.41, 5.74) is 7.41. The zero-order chi connectivity index (χ0) is 18.4. The van der Waals surface area contributed by atoms with Crippen LogP contribution in [0.3, 0.4) is 0 Å². The van der Waals surface area contributed by atoms with Crippen LogP contribution in [0.2, 0.25) is 0 Å². The zero-order valence-electron chi connectivity index (χ0n) is 14.7. The Kier molecular flexibility index (Phi) is 4.19. The number of nitrogens with two attached hydrogens (primary N) is 1. The summed E-state index contributed by atoms with van der Waals surface area (Å²) in [4.78, 5) is 39.0. The molecule has 0 saturated carbocycles. The number of hydrogen-bond donors (Lipinski definition) is 2. The molecule has 3 heterocycles. The topological polar surface area (TPSA) is 102 Å². The van der Waals surface area contributed by atoms with Gasteiger partial charge in [-0.1, -0.05) is 12.1 Å². The molecular weight excluding hydrogens is 334 g/mol. The Balaban J connectivity index is 1.35. The summed E-state index contributed by atoms with van der Waals surface area (Å²) in [5.74, 6) is -1.62. The van der Waals surface area contributed by atoms with Gasteiger partial charge in [-0.15, -0.1) is 0 Å². The lowest BCUT2D eigenvalue weighted by Crippen LogP contribution is -2.49. The second kappa shape index (κ2) is 6.39. The van der Waals surface area contributed by atoms with Crippen molar-refractivity contribution in [2.75, 3.05) is 12.3 Å². The van der Waals surface area contributed by atoms with Gasteiger partial charge >= 0.3 is 0 Å². The average Bonchev–Trinajstić information content (AvgIpc) is 3.30. The molecule has 4 rings (SSSR count). The van der Waals surface area contributed by atoms with Crippen LogP contribution in [0.1, 0.15) is 25.3 Å². The molecule has 5 atom stereocenters. The van der Waals surface area contributed by atoms with Crippen LogP contribution >= 0.6 is 0 Å². The Morgan fingerprint density at radius 3 is 2.35 bits per heavy atom. The van der Waals surface area contributed by atoms with Crippen molar-refractivity contribution in [2.24, 2.45) is 11.8 Å². The van der Waals surface area contributed by atoms with E-state index in [2.05, 4.69) is 5.32 Å². The number of imide groups is 1. The summed E-state index contributed by atoms with van der Waals surface area (Å²) in [6.07, 6.45) is 1.98. The molecule has 3 N–H and O–H groups in total. The van der Waals surface area contributed by atoms with Crippen LogP contribution in [-0.4, -0.2) is 47.4 Å². The second-order valence-corrected chi connectivity index (χ2v) is 7.35. The molecule has 1 aromatic carbocycles. The SMILES string of the molecule is CC(C(=O)NCCc1ccc(N)cc1)N1C(=O)C2C3CCC(O3)C2C1=O. The lowest BCUT2D eigenvalue weighted by Gasteiger charge is -2.23. The van der Waals surface area contributed by atoms with Gasteiger partial charge in [-0.2, -0.15) is 0 Å². The quantitative estimate of drug-likeness (QED) is 0.589. The van der Waals surface area contributed by atoms with Crippen LogP contribution in [0.25, 0.3) is 0 Å². The molecule has 3 aliphatic heterocycles. The van der Waals surface area contributed by atoms with Gasteiger partial charge in [0.1, 0.15) is 6.04 Å². The Bertz CT molecular complexity index is 720. The maximum Gasteiger partial charge on any atom is 0.243 e. The summed E-state index contributed by atoms with van der Waals surface area (Å²) in [6, 6.07) is 6.66. The molecule has 0 spiro atoms. The van der Waals surface area contributed by atoms with Crippen molar-refractivity contribution < 1.29 is 19.1 Å². The molecule has 5 unspecified atom stereocenters. The van der Waals surface area contributed by atoms with Gasteiger partial charge in [0.25, 0.3) is 0 Å². The van der Waals surface area contributed by atoms with E-state index < -0.39 is 17.9 Å². The van der Waals surface area contributed by atoms with Crippen molar-refractivity contribution in [1.82, 2.24) is 10.2 Å². The van der Waals surface area contributed by atoms with Crippen LogP contribution in [0.5, 0.6) is 0 Å². The molecule has 1 aromatic rings. The number of benzene rings is 1. The Labute approximate surface area is 151 Å². The predicted molar refractivity (Wildman–Crippen MR) is 93.8 cm³/mol. The first-order valence-corrected chi connectivity index (χ1v) is 9.12. The number of carbonyl (C=O) groups excluding carboxylic acids is 3. The third-order valence-corrected chi connectivity index (χ3v) is 5.78. The van der Waals surface area contributed by atoms with Gasteiger partial charge in [-0.3, -0.25) is 19.3 Å². The number of rotatable bonds is 5. The van der Waals surface area contributed by atoms with Gasteiger partial charge < -0.3 is 15.8 Å². The molecule has 0 radical (unpaired) electrons. The van der Waals surface area contributed by atoms with Crippen molar-refractivity contribution in [2.45, 2.75) is 44.4 Å². The maximum atomic E-state index is 12.7. The fourth-order valence-corrected chi connectivity index (χ4v) is 4.40. The van der Waals surface area contributed by atoms with Crippen molar-refractivity contribution in [3.05, 3.63) is 29.8 Å². The first kappa shape index (κ1) is 17.0. The smallest absolute Gasteiger partial charge is 0.243 e. The minimum atomic E-state index is -0.800. The minimum Gasteiger partial charge on any atom is -0.399 e. The Morgan fingerprint density at radius 1 is 1.19 bits per heavy atom. The van der Waals surface area contributed by atoms with Crippen LogP contribution in [0.4, 0.5) is 5.69 Å². The number of ether oxygens (including phenoxy) is 1. The average molecular weight is 357 g/mol. The van der Waals surface area contributed by atoms with Gasteiger partial charge in [0.15, 0.2) is 0 Å². The van der Waals surface area contributed by atoms with Crippen LogP contribution in [0, 0.1) is 11.8 Å². The number of fused-ring (bicyclic) bond motifs is 5. The summed E-state index contributed by atoms with van der Waals surface area (Å²) in [6.45, 7) is 2.04. The number of nitrogen functional groups attached to an aromatic ring is 1. The molecule has 26 heavy (non-hydrogen) atoms. The molecule has 3 aliphatic rings. The molecule has 7 nitrogen and oxygen atoms in total. The highest BCUT2D eigenvalue weighted by Crippen LogP contribution is 2.48. The van der Waals surface area contributed by atoms with E-state index in [1.54, 1.807) is 6.92 Å².